The van der Waals surface area contributed by atoms with Gasteiger partial charge in [0.25, 0.3) is 0 Å². The average Bonchev–Trinajstić information content (AvgIpc) is 2.86. The molecule has 1 N–H and O–H groups in total. The van der Waals surface area contributed by atoms with Crippen LogP contribution in [0.5, 0.6) is 0 Å². The van der Waals surface area contributed by atoms with E-state index in [0.717, 1.165) is 6.07 Å². The Morgan fingerprint density at radius 3 is 2.71 bits per heavy atom. The molecule has 0 radical (unpaired) electrons. The van der Waals surface area contributed by atoms with E-state index in [-0.39, 0.29) is 12.1 Å². The molecule has 0 unspecified atom stereocenters. The van der Waals surface area contributed by atoms with Crippen molar-refractivity contribution in [3.05, 3.63) is 59.5 Å². The van der Waals surface area contributed by atoms with Crippen molar-refractivity contribution < 1.29 is 22.4 Å². The highest BCUT2D eigenvalue weighted by Crippen LogP contribution is 2.34. The van der Waals surface area contributed by atoms with Crippen LogP contribution in [0.1, 0.15) is 17.0 Å². The third-order valence-electron chi connectivity index (χ3n) is 3.43. The lowest BCUT2D eigenvalue weighted by Crippen LogP contribution is -2.18. The lowest BCUT2D eigenvalue weighted by Gasteiger charge is -2.13. The molecule has 0 fully saturated rings. The lowest BCUT2D eigenvalue weighted by molar-refractivity contribution is -0.137. The molecule has 1 amide bonds. The van der Waals surface area contributed by atoms with Crippen LogP contribution in [-0.4, -0.2) is 10.9 Å². The molecule has 3 aromatic rings. The molecule has 3 rings (SSSR count). The van der Waals surface area contributed by atoms with Gasteiger partial charge >= 0.3 is 6.18 Å². The third kappa shape index (κ3) is 3.40. The number of rotatable bonds is 3. The highest BCUT2D eigenvalue weighted by molar-refractivity contribution is 5.93. The van der Waals surface area contributed by atoms with Crippen molar-refractivity contribution >= 4 is 22.7 Å². The first-order chi connectivity index (χ1) is 11.3. The van der Waals surface area contributed by atoms with Gasteiger partial charge in [-0.1, -0.05) is 18.2 Å². The number of nitrogens with zero attached hydrogens (tertiary/aromatic N) is 1. The molecule has 2 aromatic carbocycles. The number of carbonyl (C=O) groups excluding carboxylic acids is 1. The molecule has 1 aromatic heterocycles. The van der Waals surface area contributed by atoms with E-state index < -0.39 is 17.6 Å². The fourth-order valence-corrected chi connectivity index (χ4v) is 2.41. The van der Waals surface area contributed by atoms with Crippen molar-refractivity contribution in [3.63, 3.8) is 0 Å². The van der Waals surface area contributed by atoms with Gasteiger partial charge in [-0.05, 0) is 29.8 Å². The van der Waals surface area contributed by atoms with Gasteiger partial charge in [0.1, 0.15) is 5.52 Å². The monoisotopic (exact) mass is 334 g/mol. The van der Waals surface area contributed by atoms with Gasteiger partial charge in [0.15, 0.2) is 11.5 Å². The fourth-order valence-electron chi connectivity index (χ4n) is 2.41. The number of benzene rings is 2. The molecule has 0 spiro atoms. The maximum atomic E-state index is 12.9. The lowest BCUT2D eigenvalue weighted by atomic mass is 10.1. The zero-order valence-electron chi connectivity index (χ0n) is 12.6. The van der Waals surface area contributed by atoms with Crippen LogP contribution in [0.15, 0.2) is 46.9 Å². The Hall–Kier alpha value is -2.83. The van der Waals surface area contributed by atoms with Crippen LogP contribution in [0, 0.1) is 6.92 Å². The van der Waals surface area contributed by atoms with Crippen LogP contribution < -0.4 is 5.32 Å². The van der Waals surface area contributed by atoms with Gasteiger partial charge in [0.05, 0.1) is 17.7 Å². The Kier molecular flexibility index (Phi) is 4.01. The van der Waals surface area contributed by atoms with Crippen molar-refractivity contribution in [2.45, 2.75) is 19.5 Å². The second kappa shape index (κ2) is 5.99. The highest BCUT2D eigenvalue weighted by Gasteiger charge is 2.33. The van der Waals surface area contributed by atoms with Gasteiger partial charge in [-0.3, -0.25) is 4.79 Å². The summed E-state index contributed by atoms with van der Waals surface area (Å²) in [6, 6.07) is 9.93. The van der Waals surface area contributed by atoms with Crippen molar-refractivity contribution in [1.82, 2.24) is 4.98 Å². The number of nitrogens with one attached hydrogen (secondary N) is 1. The smallest absolute Gasteiger partial charge is 0.418 e. The first kappa shape index (κ1) is 16.0. The molecule has 0 atom stereocenters. The van der Waals surface area contributed by atoms with E-state index in [1.807, 2.05) is 0 Å². The Morgan fingerprint density at radius 2 is 1.96 bits per heavy atom. The van der Waals surface area contributed by atoms with Gasteiger partial charge in [0, 0.05) is 6.92 Å². The highest BCUT2D eigenvalue weighted by atomic mass is 19.4. The second-order valence-corrected chi connectivity index (χ2v) is 5.30. The fraction of sp³-hybridized carbons (Fsp3) is 0.176. The van der Waals surface area contributed by atoms with Gasteiger partial charge < -0.3 is 9.73 Å². The van der Waals surface area contributed by atoms with E-state index in [4.69, 9.17) is 4.42 Å². The molecule has 0 aliphatic carbocycles. The number of oxazole rings is 1. The Morgan fingerprint density at radius 1 is 1.21 bits per heavy atom. The number of carbonyl (C=O) groups is 1. The Balaban J connectivity index is 1.78. The SMILES string of the molecule is Cc1nc2ccc(CC(=O)Nc3ccccc3C(F)(F)F)cc2o1. The first-order valence-electron chi connectivity index (χ1n) is 7.15. The summed E-state index contributed by atoms with van der Waals surface area (Å²) in [6.07, 6.45) is -4.60. The predicted molar refractivity (Wildman–Crippen MR) is 82.5 cm³/mol. The van der Waals surface area contributed by atoms with Gasteiger partial charge in [-0.15, -0.1) is 0 Å². The molecule has 0 saturated heterocycles. The molecule has 1 heterocycles. The summed E-state index contributed by atoms with van der Waals surface area (Å²) in [5, 5.41) is 2.31. The minimum absolute atomic E-state index is 0.0676. The third-order valence-corrected chi connectivity index (χ3v) is 3.43. The summed E-state index contributed by atoms with van der Waals surface area (Å²) in [5.74, 6) is -0.0343. The summed E-state index contributed by atoms with van der Waals surface area (Å²) < 4.78 is 44.2. The Labute approximate surface area is 135 Å². The Bertz CT molecular complexity index is 900. The van der Waals surface area contributed by atoms with Crippen LogP contribution in [0.4, 0.5) is 18.9 Å². The zero-order chi connectivity index (χ0) is 17.3. The molecule has 0 aliphatic heterocycles. The zero-order valence-corrected chi connectivity index (χ0v) is 12.6. The number of anilines is 1. The van der Waals surface area contributed by atoms with Gasteiger partial charge in [0.2, 0.25) is 5.91 Å². The number of para-hydroxylation sites is 1. The van der Waals surface area contributed by atoms with Gasteiger partial charge in [-0.2, -0.15) is 13.2 Å². The van der Waals surface area contributed by atoms with Crippen molar-refractivity contribution in [2.24, 2.45) is 0 Å². The average molecular weight is 334 g/mol. The van der Waals surface area contributed by atoms with Crippen LogP contribution in [0.25, 0.3) is 11.1 Å². The standard InChI is InChI=1S/C17H13F3N2O2/c1-10-21-14-7-6-11(8-15(14)24-10)9-16(23)22-13-5-3-2-4-12(13)17(18,19)20/h2-8H,9H2,1H3,(H,22,23). The molecule has 0 bridgehead atoms. The number of fused-ring (bicyclic) bond motifs is 1. The minimum Gasteiger partial charge on any atom is -0.441 e. The number of amides is 1. The molecule has 4 nitrogen and oxygen atoms in total. The van der Waals surface area contributed by atoms with E-state index in [0.29, 0.717) is 22.6 Å². The van der Waals surface area contributed by atoms with Crippen molar-refractivity contribution in [2.75, 3.05) is 5.32 Å². The molecule has 0 aliphatic rings. The van der Waals surface area contributed by atoms with E-state index >= 15 is 0 Å². The number of alkyl halides is 3. The van der Waals surface area contributed by atoms with Crippen LogP contribution >= 0.6 is 0 Å². The van der Waals surface area contributed by atoms with Crippen LogP contribution in [-0.2, 0) is 17.4 Å². The molecular weight excluding hydrogens is 321 g/mol. The summed E-state index contributed by atoms with van der Waals surface area (Å²) in [5.41, 5.74) is 0.694. The molecule has 24 heavy (non-hydrogen) atoms. The normalized spacial score (nSPS) is 11.7. The largest absolute Gasteiger partial charge is 0.441 e. The van der Waals surface area contributed by atoms with E-state index in [1.165, 1.54) is 18.2 Å². The molecule has 7 heteroatoms. The second-order valence-electron chi connectivity index (χ2n) is 5.30. The maximum Gasteiger partial charge on any atom is 0.418 e. The summed E-state index contributed by atoms with van der Waals surface area (Å²) >= 11 is 0. The van der Waals surface area contributed by atoms with E-state index in [2.05, 4.69) is 10.3 Å². The summed E-state index contributed by atoms with van der Waals surface area (Å²) in [6.45, 7) is 1.71. The number of halogens is 3. The van der Waals surface area contributed by atoms with Crippen LogP contribution in [0.2, 0.25) is 0 Å². The molecule has 124 valence electrons. The topological polar surface area (TPSA) is 55.1 Å². The van der Waals surface area contributed by atoms with Crippen LogP contribution in [0.3, 0.4) is 0 Å². The number of hydrogen-bond acceptors (Lipinski definition) is 3. The number of aryl methyl sites for hydroxylation is 1. The van der Waals surface area contributed by atoms with Gasteiger partial charge in [-0.25, -0.2) is 4.98 Å². The van der Waals surface area contributed by atoms with E-state index in [9.17, 15) is 18.0 Å². The molecular formula is C17H13F3N2O2. The number of hydrogen-bond donors (Lipinski definition) is 1. The maximum absolute atomic E-state index is 12.9. The minimum atomic E-state index is -4.53. The van der Waals surface area contributed by atoms with Crippen molar-refractivity contribution in [1.29, 1.82) is 0 Å². The summed E-state index contributed by atoms with van der Waals surface area (Å²) in [7, 11) is 0. The predicted octanol–water partition coefficient (Wildman–Crippen LogP) is 4.34. The number of aromatic nitrogens is 1. The van der Waals surface area contributed by atoms with E-state index in [1.54, 1.807) is 25.1 Å². The summed E-state index contributed by atoms with van der Waals surface area (Å²) in [4.78, 5) is 16.2. The molecule has 0 saturated carbocycles. The quantitative estimate of drug-likeness (QED) is 0.775. The first-order valence-corrected chi connectivity index (χ1v) is 7.15. The van der Waals surface area contributed by atoms with Crippen molar-refractivity contribution in [3.8, 4) is 0 Å².